The molecule has 1 unspecified atom stereocenters. The van der Waals surface area contributed by atoms with Gasteiger partial charge in [-0.15, -0.1) is 0 Å². The van der Waals surface area contributed by atoms with Crippen molar-refractivity contribution in [3.05, 3.63) is 89.0 Å². The Kier molecular flexibility index (Phi) is 5.47. The molecule has 0 aliphatic carbocycles. The fourth-order valence-electron chi connectivity index (χ4n) is 2.60. The highest BCUT2D eigenvalue weighted by Gasteiger charge is 2.17. The van der Waals surface area contributed by atoms with Crippen molar-refractivity contribution in [3.8, 4) is 16.9 Å². The minimum absolute atomic E-state index is 0.0313. The second-order valence-electron chi connectivity index (χ2n) is 5.91. The number of carbonyl (C=O) groups is 1. The molecule has 6 heteroatoms. The number of hydrogen-bond acceptors (Lipinski definition) is 4. The smallest absolute Gasteiger partial charge is 0.269 e. The first-order chi connectivity index (χ1) is 13.0. The first kappa shape index (κ1) is 18.1. The average Bonchev–Trinajstić information content (AvgIpc) is 2.69. The summed E-state index contributed by atoms with van der Waals surface area (Å²) in [6.07, 6.45) is -0.768. The highest BCUT2D eigenvalue weighted by Crippen LogP contribution is 2.28. The van der Waals surface area contributed by atoms with Crippen LogP contribution in [0.4, 0.5) is 11.4 Å². The number of anilines is 1. The number of rotatable bonds is 6. The fraction of sp³-hybridized carbons (Fsp3) is 0.0952. The summed E-state index contributed by atoms with van der Waals surface area (Å²) in [5, 5.41) is 13.6. The maximum Gasteiger partial charge on any atom is 0.269 e. The Morgan fingerprint density at radius 2 is 1.59 bits per heavy atom. The Hall–Kier alpha value is -3.67. The van der Waals surface area contributed by atoms with Gasteiger partial charge in [-0.25, -0.2) is 0 Å². The third kappa shape index (κ3) is 4.49. The van der Waals surface area contributed by atoms with Crippen molar-refractivity contribution in [1.82, 2.24) is 0 Å². The topological polar surface area (TPSA) is 81.5 Å². The van der Waals surface area contributed by atoms with E-state index >= 15 is 0 Å². The van der Waals surface area contributed by atoms with Gasteiger partial charge in [-0.2, -0.15) is 0 Å². The lowest BCUT2D eigenvalue weighted by Gasteiger charge is -2.16. The number of carbonyl (C=O) groups excluding carboxylic acids is 1. The van der Waals surface area contributed by atoms with Crippen molar-refractivity contribution in [1.29, 1.82) is 0 Å². The average molecular weight is 362 g/mol. The van der Waals surface area contributed by atoms with E-state index in [-0.39, 0.29) is 11.6 Å². The van der Waals surface area contributed by atoms with E-state index in [1.807, 2.05) is 54.6 Å². The molecule has 0 aliphatic heterocycles. The van der Waals surface area contributed by atoms with Gasteiger partial charge in [0.25, 0.3) is 11.6 Å². The van der Waals surface area contributed by atoms with E-state index in [1.165, 1.54) is 24.3 Å². The number of ether oxygens (including phenoxy) is 1. The van der Waals surface area contributed by atoms with Crippen molar-refractivity contribution in [2.24, 2.45) is 0 Å². The normalized spacial score (nSPS) is 11.4. The van der Waals surface area contributed by atoms with Crippen LogP contribution in [0.25, 0.3) is 11.1 Å². The number of nitrogens with one attached hydrogen (secondary N) is 1. The van der Waals surface area contributed by atoms with Crippen LogP contribution in [0.2, 0.25) is 0 Å². The Balaban J connectivity index is 1.71. The van der Waals surface area contributed by atoms with Crippen LogP contribution in [-0.2, 0) is 4.79 Å². The summed E-state index contributed by atoms with van der Waals surface area (Å²) in [7, 11) is 0. The summed E-state index contributed by atoms with van der Waals surface area (Å²) in [6.45, 7) is 1.63. The minimum Gasteiger partial charge on any atom is -0.481 e. The summed E-state index contributed by atoms with van der Waals surface area (Å²) in [5.74, 6) is 0.0799. The molecule has 0 fully saturated rings. The Labute approximate surface area is 156 Å². The standard InChI is InChI=1S/C21H18N2O4/c1-15(27-18-13-11-17(12-14-18)23(25)26)21(24)22-20-10-6-5-9-19(20)16-7-3-2-4-8-16/h2-15H,1H3,(H,22,24). The molecule has 0 aliphatic rings. The van der Waals surface area contributed by atoms with Crippen molar-refractivity contribution in [3.63, 3.8) is 0 Å². The lowest BCUT2D eigenvalue weighted by molar-refractivity contribution is -0.384. The van der Waals surface area contributed by atoms with Crippen LogP contribution in [0.3, 0.4) is 0 Å². The van der Waals surface area contributed by atoms with E-state index in [9.17, 15) is 14.9 Å². The molecular weight excluding hydrogens is 344 g/mol. The lowest BCUT2D eigenvalue weighted by atomic mass is 10.0. The van der Waals surface area contributed by atoms with Gasteiger partial charge in [0.15, 0.2) is 6.10 Å². The van der Waals surface area contributed by atoms with Crippen LogP contribution in [0.5, 0.6) is 5.75 Å². The molecular formula is C21H18N2O4. The number of nitro benzene ring substituents is 1. The largest absolute Gasteiger partial charge is 0.481 e. The number of hydrogen-bond donors (Lipinski definition) is 1. The second-order valence-corrected chi connectivity index (χ2v) is 5.91. The molecule has 0 saturated heterocycles. The molecule has 3 rings (SSSR count). The molecule has 0 saturated carbocycles. The van der Waals surface area contributed by atoms with E-state index < -0.39 is 11.0 Å². The Bertz CT molecular complexity index is 940. The van der Waals surface area contributed by atoms with Crippen LogP contribution in [0.1, 0.15) is 6.92 Å². The first-order valence-corrected chi connectivity index (χ1v) is 8.41. The highest BCUT2D eigenvalue weighted by molar-refractivity contribution is 5.98. The zero-order chi connectivity index (χ0) is 19.2. The van der Waals surface area contributed by atoms with Gasteiger partial charge in [-0.3, -0.25) is 14.9 Å². The molecule has 0 spiro atoms. The maximum atomic E-state index is 12.5. The maximum absolute atomic E-state index is 12.5. The van der Waals surface area contributed by atoms with Crippen molar-refractivity contribution >= 4 is 17.3 Å². The molecule has 27 heavy (non-hydrogen) atoms. The number of nitrogens with zero attached hydrogens (tertiary/aromatic N) is 1. The summed E-state index contributed by atoms with van der Waals surface area (Å²) in [6, 6.07) is 22.9. The second kappa shape index (κ2) is 8.14. The molecule has 0 bridgehead atoms. The monoisotopic (exact) mass is 362 g/mol. The number of non-ortho nitro benzene ring substituents is 1. The molecule has 3 aromatic rings. The zero-order valence-corrected chi connectivity index (χ0v) is 14.7. The van der Waals surface area contributed by atoms with Gasteiger partial charge < -0.3 is 10.1 Å². The van der Waals surface area contributed by atoms with Gasteiger partial charge in [-0.05, 0) is 30.7 Å². The Morgan fingerprint density at radius 1 is 0.963 bits per heavy atom. The predicted molar refractivity (Wildman–Crippen MR) is 104 cm³/mol. The van der Waals surface area contributed by atoms with Gasteiger partial charge in [0, 0.05) is 23.4 Å². The van der Waals surface area contributed by atoms with Crippen LogP contribution in [0, 0.1) is 10.1 Å². The molecule has 1 atom stereocenters. The van der Waals surface area contributed by atoms with Crippen molar-refractivity contribution < 1.29 is 14.5 Å². The molecule has 0 heterocycles. The molecule has 0 radical (unpaired) electrons. The quantitative estimate of drug-likeness (QED) is 0.510. The van der Waals surface area contributed by atoms with Gasteiger partial charge >= 0.3 is 0 Å². The van der Waals surface area contributed by atoms with Gasteiger partial charge in [-0.1, -0.05) is 48.5 Å². The third-order valence-electron chi connectivity index (χ3n) is 4.00. The molecule has 1 N–H and O–H groups in total. The molecule has 136 valence electrons. The minimum atomic E-state index is -0.768. The van der Waals surface area contributed by atoms with Crippen LogP contribution in [-0.4, -0.2) is 16.9 Å². The summed E-state index contributed by atoms with van der Waals surface area (Å²) >= 11 is 0. The lowest BCUT2D eigenvalue weighted by Crippen LogP contribution is -2.30. The molecule has 3 aromatic carbocycles. The van der Waals surface area contributed by atoms with E-state index in [2.05, 4.69) is 5.32 Å². The van der Waals surface area contributed by atoms with Crippen LogP contribution < -0.4 is 10.1 Å². The van der Waals surface area contributed by atoms with Crippen LogP contribution in [0.15, 0.2) is 78.9 Å². The molecule has 6 nitrogen and oxygen atoms in total. The summed E-state index contributed by atoms with van der Waals surface area (Å²) in [5.41, 5.74) is 2.57. The first-order valence-electron chi connectivity index (χ1n) is 8.41. The van der Waals surface area contributed by atoms with Gasteiger partial charge in [0.05, 0.1) is 4.92 Å². The van der Waals surface area contributed by atoms with Crippen LogP contribution >= 0.6 is 0 Å². The van der Waals surface area contributed by atoms with Gasteiger partial charge in [0.2, 0.25) is 0 Å². The van der Waals surface area contributed by atoms with Crippen molar-refractivity contribution in [2.45, 2.75) is 13.0 Å². The molecule has 1 amide bonds. The molecule has 0 aromatic heterocycles. The van der Waals surface area contributed by atoms with Crippen molar-refractivity contribution in [2.75, 3.05) is 5.32 Å². The predicted octanol–water partition coefficient (Wildman–Crippen LogP) is 4.67. The van der Waals surface area contributed by atoms with E-state index in [0.29, 0.717) is 11.4 Å². The van der Waals surface area contributed by atoms with E-state index in [0.717, 1.165) is 11.1 Å². The van der Waals surface area contributed by atoms with E-state index in [4.69, 9.17) is 4.74 Å². The number of nitro groups is 1. The summed E-state index contributed by atoms with van der Waals surface area (Å²) in [4.78, 5) is 22.7. The van der Waals surface area contributed by atoms with E-state index in [1.54, 1.807) is 6.92 Å². The zero-order valence-electron chi connectivity index (χ0n) is 14.7. The number of benzene rings is 3. The fourth-order valence-corrected chi connectivity index (χ4v) is 2.60. The highest BCUT2D eigenvalue weighted by atomic mass is 16.6. The third-order valence-corrected chi connectivity index (χ3v) is 4.00. The van der Waals surface area contributed by atoms with Gasteiger partial charge in [0.1, 0.15) is 5.75 Å². The number of amides is 1. The number of para-hydroxylation sites is 1. The Morgan fingerprint density at radius 3 is 2.26 bits per heavy atom. The summed E-state index contributed by atoms with van der Waals surface area (Å²) < 4.78 is 5.59. The SMILES string of the molecule is CC(Oc1ccc([N+](=O)[O-])cc1)C(=O)Nc1ccccc1-c1ccccc1.